The van der Waals surface area contributed by atoms with Gasteiger partial charge < -0.3 is 9.25 Å². The van der Waals surface area contributed by atoms with Gasteiger partial charge in [0.2, 0.25) is 5.52 Å². The molecule has 0 saturated heterocycles. The first-order chi connectivity index (χ1) is 14.4. The van der Waals surface area contributed by atoms with E-state index in [0.717, 1.165) is 5.56 Å². The van der Waals surface area contributed by atoms with E-state index >= 15 is 0 Å². The van der Waals surface area contributed by atoms with Crippen LogP contribution in [0.3, 0.4) is 0 Å². The number of nitrogens with zero attached hydrogens (tertiary/aromatic N) is 3. The number of pyridine rings is 2. The monoisotopic (exact) mass is 388 g/mol. The van der Waals surface area contributed by atoms with Crippen molar-refractivity contribution in [3.8, 4) is 0 Å². The van der Waals surface area contributed by atoms with Crippen molar-refractivity contribution in [3.63, 3.8) is 0 Å². The van der Waals surface area contributed by atoms with Crippen molar-refractivity contribution in [2.24, 2.45) is 7.05 Å². The lowest BCUT2D eigenvalue weighted by Gasteiger charge is -2.13. The van der Waals surface area contributed by atoms with Crippen LogP contribution < -0.4 is 4.57 Å². The van der Waals surface area contributed by atoms with Crippen LogP contribution in [0.1, 0.15) is 25.0 Å². The molecule has 0 spiro atoms. The maximum Gasteiger partial charge on any atom is 0.252 e. The standard InChI is InChI=1S/C27H22N3/c1-16-9-10-17-7-6-8-22-24(17)23(16)26-25-19(13-14-29(26)5)20-15-18(27(2,3)28-4)11-12-21(20)30(22)25/h6-15H,1-3,5H3/q+1. The number of aryl methyl sites for hydroxylation is 2. The zero-order valence-corrected chi connectivity index (χ0v) is 17.6. The molecule has 3 heteroatoms. The molecule has 30 heavy (non-hydrogen) atoms. The lowest BCUT2D eigenvalue weighted by Crippen LogP contribution is -2.28. The average molecular weight is 388 g/mol. The Morgan fingerprint density at radius 3 is 2.57 bits per heavy atom. The van der Waals surface area contributed by atoms with Crippen LogP contribution in [0.4, 0.5) is 0 Å². The van der Waals surface area contributed by atoms with Gasteiger partial charge in [0.1, 0.15) is 12.6 Å². The Kier molecular flexibility index (Phi) is 3.15. The van der Waals surface area contributed by atoms with E-state index in [1.165, 1.54) is 54.6 Å². The van der Waals surface area contributed by atoms with Crippen LogP contribution in [0.25, 0.3) is 53.8 Å². The lowest BCUT2D eigenvalue weighted by atomic mass is 9.94. The van der Waals surface area contributed by atoms with Gasteiger partial charge in [0.25, 0.3) is 5.54 Å². The maximum absolute atomic E-state index is 7.63. The molecule has 3 aromatic carbocycles. The summed E-state index contributed by atoms with van der Waals surface area (Å²) < 4.78 is 4.67. The number of hydrogen-bond acceptors (Lipinski definition) is 0. The van der Waals surface area contributed by atoms with Crippen molar-refractivity contribution >= 4 is 49.0 Å². The van der Waals surface area contributed by atoms with Crippen molar-refractivity contribution in [1.82, 2.24) is 4.40 Å². The van der Waals surface area contributed by atoms with Gasteiger partial charge in [0, 0.05) is 41.6 Å². The second-order valence-electron chi connectivity index (χ2n) is 8.91. The van der Waals surface area contributed by atoms with Crippen molar-refractivity contribution < 1.29 is 4.57 Å². The van der Waals surface area contributed by atoms with Crippen LogP contribution in [0.15, 0.2) is 60.8 Å². The number of benzene rings is 3. The van der Waals surface area contributed by atoms with Crippen molar-refractivity contribution in [3.05, 3.63) is 83.3 Å². The second kappa shape index (κ2) is 5.49. The number of hydrogen-bond donors (Lipinski definition) is 0. The van der Waals surface area contributed by atoms with E-state index in [2.05, 4.69) is 88.6 Å². The molecule has 6 rings (SSSR count). The van der Waals surface area contributed by atoms with E-state index in [9.17, 15) is 0 Å². The Bertz CT molecular complexity index is 1690. The third-order valence-corrected chi connectivity index (χ3v) is 6.74. The molecule has 0 atom stereocenters. The minimum absolute atomic E-state index is 0.537. The Morgan fingerprint density at radius 2 is 1.77 bits per heavy atom. The molecule has 0 aliphatic rings. The Hall–Kier alpha value is -3.64. The van der Waals surface area contributed by atoms with E-state index in [1.54, 1.807) is 0 Å². The lowest BCUT2D eigenvalue weighted by molar-refractivity contribution is -0.644. The van der Waals surface area contributed by atoms with Gasteiger partial charge in [0.15, 0.2) is 6.20 Å². The fraction of sp³-hybridized carbons (Fsp3) is 0.185. The van der Waals surface area contributed by atoms with Gasteiger partial charge in [-0.05, 0) is 42.1 Å². The molecule has 0 N–H and O–H groups in total. The second-order valence-corrected chi connectivity index (χ2v) is 8.91. The molecule has 3 nitrogen and oxygen atoms in total. The van der Waals surface area contributed by atoms with Gasteiger partial charge in [-0.25, -0.2) is 6.57 Å². The largest absolute Gasteiger partial charge is 0.306 e. The zero-order valence-electron chi connectivity index (χ0n) is 17.6. The minimum Gasteiger partial charge on any atom is -0.306 e. The quantitative estimate of drug-likeness (QED) is 0.136. The van der Waals surface area contributed by atoms with Crippen LogP contribution in [0.2, 0.25) is 0 Å². The van der Waals surface area contributed by atoms with Crippen molar-refractivity contribution in [2.45, 2.75) is 26.3 Å². The normalized spacial score (nSPS) is 12.6. The smallest absolute Gasteiger partial charge is 0.252 e. The first kappa shape index (κ1) is 17.2. The molecule has 0 radical (unpaired) electrons. The molecule has 0 saturated carbocycles. The minimum atomic E-state index is -0.537. The Labute approximate surface area is 174 Å². The fourth-order valence-electron chi connectivity index (χ4n) is 5.09. The summed E-state index contributed by atoms with van der Waals surface area (Å²) in [4.78, 5) is 3.86. The predicted octanol–water partition coefficient (Wildman–Crippen LogP) is 6.28. The number of rotatable bonds is 1. The Morgan fingerprint density at radius 1 is 0.933 bits per heavy atom. The molecule has 0 fully saturated rings. The highest BCUT2D eigenvalue weighted by atomic mass is 15.0. The number of fused-ring (bicyclic) bond motifs is 5. The van der Waals surface area contributed by atoms with E-state index < -0.39 is 5.54 Å². The molecule has 3 heterocycles. The fourth-order valence-corrected chi connectivity index (χ4v) is 5.09. The first-order valence-corrected chi connectivity index (χ1v) is 10.3. The summed E-state index contributed by atoms with van der Waals surface area (Å²) in [7, 11) is 2.14. The highest BCUT2D eigenvalue weighted by Crippen LogP contribution is 2.41. The van der Waals surface area contributed by atoms with Gasteiger partial charge >= 0.3 is 0 Å². The highest BCUT2D eigenvalue weighted by molar-refractivity contribution is 6.25. The van der Waals surface area contributed by atoms with Gasteiger partial charge in [-0.15, -0.1) is 0 Å². The Balaban J connectivity index is 1.98. The summed E-state index contributed by atoms with van der Waals surface area (Å²) in [5, 5.41) is 6.36. The molecule has 0 unspecified atom stereocenters. The number of aromatic nitrogens is 2. The zero-order chi connectivity index (χ0) is 20.8. The van der Waals surface area contributed by atoms with Crippen LogP contribution in [0.5, 0.6) is 0 Å². The van der Waals surface area contributed by atoms with E-state index in [1.807, 2.05) is 13.8 Å². The van der Waals surface area contributed by atoms with Gasteiger partial charge in [-0.3, -0.25) is 0 Å². The molecular weight excluding hydrogens is 366 g/mol. The molecule has 6 aromatic rings. The molecule has 0 aliphatic carbocycles. The van der Waals surface area contributed by atoms with Crippen LogP contribution >= 0.6 is 0 Å². The summed E-state index contributed by atoms with van der Waals surface area (Å²) >= 11 is 0. The average Bonchev–Trinajstić information content (AvgIpc) is 3.08. The summed E-state index contributed by atoms with van der Waals surface area (Å²) in [5.74, 6) is 0. The molecule has 0 amide bonds. The SMILES string of the molecule is [C-]#[N+]C(C)(C)c1ccc2c(c1)c1cc[n+](C)c3c4c(C)ccc5cccc(c54)n2c13. The van der Waals surface area contributed by atoms with Gasteiger partial charge in [0.05, 0.1) is 16.4 Å². The third kappa shape index (κ3) is 1.96. The maximum atomic E-state index is 7.63. The summed E-state index contributed by atoms with van der Waals surface area (Å²) in [6, 6.07) is 19.8. The van der Waals surface area contributed by atoms with Gasteiger partial charge in [-0.2, -0.15) is 4.57 Å². The predicted molar refractivity (Wildman–Crippen MR) is 124 cm³/mol. The highest BCUT2D eigenvalue weighted by Gasteiger charge is 2.28. The van der Waals surface area contributed by atoms with Crippen LogP contribution in [-0.2, 0) is 12.6 Å². The van der Waals surface area contributed by atoms with Crippen LogP contribution in [0, 0.1) is 13.5 Å². The third-order valence-electron chi connectivity index (χ3n) is 6.74. The topological polar surface area (TPSA) is 12.7 Å². The van der Waals surface area contributed by atoms with Crippen molar-refractivity contribution in [1.29, 1.82) is 0 Å². The molecule has 0 aliphatic heterocycles. The van der Waals surface area contributed by atoms with E-state index in [-0.39, 0.29) is 0 Å². The summed E-state index contributed by atoms with van der Waals surface area (Å²) in [6.45, 7) is 13.8. The summed E-state index contributed by atoms with van der Waals surface area (Å²) in [5.41, 5.74) is 6.77. The van der Waals surface area contributed by atoms with Gasteiger partial charge in [-0.1, -0.05) is 24.3 Å². The molecule has 3 aromatic heterocycles. The molecule has 144 valence electrons. The first-order valence-electron chi connectivity index (χ1n) is 10.3. The van der Waals surface area contributed by atoms with Crippen LogP contribution in [-0.4, -0.2) is 4.40 Å². The summed E-state index contributed by atoms with van der Waals surface area (Å²) in [6.07, 6.45) is 2.17. The molecular formula is C27H22N3+. The van der Waals surface area contributed by atoms with E-state index in [0.29, 0.717) is 0 Å². The molecule has 0 bridgehead atoms. The van der Waals surface area contributed by atoms with Crippen molar-refractivity contribution in [2.75, 3.05) is 0 Å². The van der Waals surface area contributed by atoms with E-state index in [4.69, 9.17) is 6.57 Å².